The number of hydrogen-bond donors (Lipinski definition) is 0. The molecule has 16 heavy (non-hydrogen) atoms. The van der Waals surface area contributed by atoms with Crippen LogP contribution in [0, 0.1) is 5.92 Å². The Morgan fingerprint density at radius 1 is 1.12 bits per heavy atom. The van der Waals surface area contributed by atoms with Crippen molar-refractivity contribution in [3.05, 3.63) is 34.4 Å². The molecule has 0 radical (unpaired) electrons. The van der Waals surface area contributed by atoms with Crippen LogP contribution in [-0.2, 0) is 25.7 Å². The molecular weight excluding hydrogens is 307 g/mol. The molecule has 2 rings (SSSR count). The molecular formula is C15H21I. The first-order valence-electron chi connectivity index (χ1n) is 6.48. The smallest absolute Gasteiger partial charge is 0.00359 e. The van der Waals surface area contributed by atoms with E-state index in [1.165, 1.54) is 36.5 Å². The van der Waals surface area contributed by atoms with Crippen LogP contribution in [0.2, 0.25) is 0 Å². The highest BCUT2D eigenvalue weighted by Crippen LogP contribution is 2.31. The molecule has 0 N–H and O–H groups in total. The van der Waals surface area contributed by atoms with E-state index >= 15 is 0 Å². The lowest BCUT2D eigenvalue weighted by Crippen LogP contribution is -1.97. The van der Waals surface area contributed by atoms with Crippen LogP contribution in [0.5, 0.6) is 0 Å². The number of halogens is 1. The summed E-state index contributed by atoms with van der Waals surface area (Å²) in [5.41, 5.74) is 6.48. The number of aryl methyl sites for hydroxylation is 2. The zero-order chi connectivity index (χ0) is 11.5. The van der Waals surface area contributed by atoms with E-state index < -0.39 is 0 Å². The summed E-state index contributed by atoms with van der Waals surface area (Å²) in [4.78, 5) is 0. The van der Waals surface area contributed by atoms with Gasteiger partial charge in [0.25, 0.3) is 0 Å². The second-order valence-electron chi connectivity index (χ2n) is 4.86. The minimum Gasteiger partial charge on any atom is -0.0860 e. The molecule has 0 aromatic heterocycles. The van der Waals surface area contributed by atoms with Gasteiger partial charge in [-0.3, -0.25) is 0 Å². The molecule has 1 aromatic rings. The molecule has 1 atom stereocenters. The lowest BCUT2D eigenvalue weighted by atomic mass is 9.97. The highest BCUT2D eigenvalue weighted by molar-refractivity contribution is 14.1. The van der Waals surface area contributed by atoms with Gasteiger partial charge in [-0.15, -0.1) is 0 Å². The molecule has 0 fully saturated rings. The number of alkyl halides is 1. The molecule has 0 nitrogen and oxygen atoms in total. The van der Waals surface area contributed by atoms with Crippen LogP contribution < -0.4 is 0 Å². The Hall–Kier alpha value is -0.0500. The molecule has 0 amide bonds. The average Bonchev–Trinajstić information content (AvgIpc) is 2.70. The molecule has 0 bridgehead atoms. The van der Waals surface area contributed by atoms with E-state index in [9.17, 15) is 0 Å². The van der Waals surface area contributed by atoms with Crippen molar-refractivity contribution in [2.45, 2.75) is 46.0 Å². The quantitative estimate of drug-likeness (QED) is 0.569. The second kappa shape index (κ2) is 5.52. The van der Waals surface area contributed by atoms with Gasteiger partial charge in [-0.1, -0.05) is 55.0 Å². The van der Waals surface area contributed by atoms with E-state index in [2.05, 4.69) is 48.6 Å². The fraction of sp³-hybridized carbons (Fsp3) is 0.600. The molecule has 0 saturated carbocycles. The highest BCUT2D eigenvalue weighted by Gasteiger charge is 2.21. The van der Waals surface area contributed by atoms with E-state index in [4.69, 9.17) is 0 Å². The maximum Gasteiger partial charge on any atom is 0.00359 e. The first-order valence-corrected chi connectivity index (χ1v) is 8.00. The van der Waals surface area contributed by atoms with Gasteiger partial charge in [0.2, 0.25) is 0 Å². The predicted molar refractivity (Wildman–Crippen MR) is 79.6 cm³/mol. The normalized spacial score (nSPS) is 18.8. The van der Waals surface area contributed by atoms with Gasteiger partial charge in [0.15, 0.2) is 0 Å². The monoisotopic (exact) mass is 328 g/mol. The van der Waals surface area contributed by atoms with Crippen LogP contribution in [0.15, 0.2) is 12.1 Å². The van der Waals surface area contributed by atoms with Gasteiger partial charge in [0, 0.05) is 4.43 Å². The van der Waals surface area contributed by atoms with Crippen molar-refractivity contribution in [3.8, 4) is 0 Å². The van der Waals surface area contributed by atoms with Gasteiger partial charge in [-0.05, 0) is 53.9 Å². The van der Waals surface area contributed by atoms with E-state index in [1.54, 1.807) is 22.3 Å². The van der Waals surface area contributed by atoms with Crippen LogP contribution in [0.1, 0.15) is 42.5 Å². The van der Waals surface area contributed by atoms with E-state index in [0.29, 0.717) is 0 Å². The summed E-state index contributed by atoms with van der Waals surface area (Å²) >= 11 is 2.48. The van der Waals surface area contributed by atoms with Crippen LogP contribution in [-0.4, -0.2) is 4.43 Å². The first-order chi connectivity index (χ1) is 7.78. The number of fused-ring (bicyclic) bond motifs is 1. The Kier molecular flexibility index (Phi) is 4.28. The Balaban J connectivity index is 2.31. The molecule has 1 aliphatic rings. The fourth-order valence-corrected chi connectivity index (χ4v) is 3.40. The molecule has 1 aliphatic carbocycles. The third-order valence-electron chi connectivity index (χ3n) is 3.86. The third kappa shape index (κ3) is 2.44. The van der Waals surface area contributed by atoms with Crippen molar-refractivity contribution in [2.75, 3.05) is 4.43 Å². The molecule has 0 heterocycles. The lowest BCUT2D eigenvalue weighted by molar-refractivity contribution is 0.542. The summed E-state index contributed by atoms with van der Waals surface area (Å²) in [7, 11) is 0. The van der Waals surface area contributed by atoms with Gasteiger partial charge in [-0.25, -0.2) is 0 Å². The molecule has 0 aliphatic heterocycles. The van der Waals surface area contributed by atoms with E-state index in [1.807, 2.05) is 0 Å². The van der Waals surface area contributed by atoms with Crippen molar-refractivity contribution < 1.29 is 0 Å². The maximum atomic E-state index is 2.50. The fourth-order valence-electron chi connectivity index (χ4n) is 2.82. The predicted octanol–water partition coefficient (Wildman–Crippen LogP) is 4.35. The zero-order valence-electron chi connectivity index (χ0n) is 10.4. The van der Waals surface area contributed by atoms with Crippen molar-refractivity contribution in [2.24, 2.45) is 5.92 Å². The van der Waals surface area contributed by atoms with Gasteiger partial charge >= 0.3 is 0 Å². The van der Waals surface area contributed by atoms with Gasteiger partial charge in [-0.2, -0.15) is 0 Å². The van der Waals surface area contributed by atoms with Crippen molar-refractivity contribution in [1.29, 1.82) is 0 Å². The summed E-state index contributed by atoms with van der Waals surface area (Å²) in [6.45, 7) is 4.60. The standard InChI is InChI=1S/C15H21I/c1-3-11-7-14-9-12(4-2)13(5-6-16)10-15(14)8-11/h9-11H,3-8H2,1-2H3. The lowest BCUT2D eigenvalue weighted by Gasteiger charge is -2.10. The number of benzene rings is 1. The topological polar surface area (TPSA) is 0 Å². The van der Waals surface area contributed by atoms with Crippen LogP contribution in [0.3, 0.4) is 0 Å². The summed E-state index contributed by atoms with van der Waals surface area (Å²) < 4.78 is 1.24. The molecule has 1 unspecified atom stereocenters. The minimum atomic E-state index is 0.912. The summed E-state index contributed by atoms with van der Waals surface area (Å²) in [5, 5.41) is 0. The minimum absolute atomic E-state index is 0.912. The Bertz CT molecular complexity index is 368. The van der Waals surface area contributed by atoms with Crippen molar-refractivity contribution in [3.63, 3.8) is 0 Å². The van der Waals surface area contributed by atoms with E-state index in [-0.39, 0.29) is 0 Å². The average molecular weight is 328 g/mol. The summed E-state index contributed by atoms with van der Waals surface area (Å²) in [6, 6.07) is 5.00. The summed E-state index contributed by atoms with van der Waals surface area (Å²) in [6.07, 6.45) is 6.41. The Labute approximate surface area is 113 Å². The molecule has 88 valence electrons. The second-order valence-corrected chi connectivity index (χ2v) is 5.94. The SMILES string of the molecule is CCc1cc2c(cc1CCI)CC(CC)C2. The Morgan fingerprint density at radius 3 is 2.25 bits per heavy atom. The maximum absolute atomic E-state index is 2.50. The molecule has 1 heteroatoms. The van der Waals surface area contributed by atoms with Crippen LogP contribution >= 0.6 is 22.6 Å². The summed E-state index contributed by atoms with van der Waals surface area (Å²) in [5.74, 6) is 0.912. The van der Waals surface area contributed by atoms with Gasteiger partial charge in [0.05, 0.1) is 0 Å². The third-order valence-corrected chi connectivity index (χ3v) is 4.40. The highest BCUT2D eigenvalue weighted by atomic mass is 127. The van der Waals surface area contributed by atoms with Crippen LogP contribution in [0.25, 0.3) is 0 Å². The van der Waals surface area contributed by atoms with Crippen molar-refractivity contribution >= 4 is 22.6 Å². The molecule has 0 spiro atoms. The first kappa shape index (κ1) is 12.4. The van der Waals surface area contributed by atoms with E-state index in [0.717, 1.165) is 5.92 Å². The number of hydrogen-bond acceptors (Lipinski definition) is 0. The molecule has 0 saturated heterocycles. The van der Waals surface area contributed by atoms with Gasteiger partial charge in [0.1, 0.15) is 0 Å². The Morgan fingerprint density at radius 2 is 1.75 bits per heavy atom. The van der Waals surface area contributed by atoms with Crippen LogP contribution in [0.4, 0.5) is 0 Å². The van der Waals surface area contributed by atoms with Gasteiger partial charge < -0.3 is 0 Å². The largest absolute Gasteiger partial charge is 0.0860 e. The molecule has 1 aromatic carbocycles. The zero-order valence-corrected chi connectivity index (χ0v) is 12.5. The van der Waals surface area contributed by atoms with Crippen molar-refractivity contribution in [1.82, 2.24) is 0 Å². The number of rotatable bonds is 4.